The van der Waals surface area contributed by atoms with Crippen LogP contribution in [-0.4, -0.2) is 7.11 Å². The van der Waals surface area contributed by atoms with Gasteiger partial charge in [-0.1, -0.05) is 81.4 Å². The van der Waals surface area contributed by atoms with E-state index < -0.39 is 0 Å². The highest BCUT2D eigenvalue weighted by Crippen LogP contribution is 2.48. The van der Waals surface area contributed by atoms with Crippen LogP contribution in [0.1, 0.15) is 43.9 Å². The Kier molecular flexibility index (Phi) is 4.11. The van der Waals surface area contributed by atoms with Crippen LogP contribution in [0.25, 0.3) is 16.3 Å². The van der Waals surface area contributed by atoms with E-state index in [9.17, 15) is 0 Å². The molecule has 0 aromatic heterocycles. The molecule has 0 saturated carbocycles. The smallest absolute Gasteiger partial charge is 0.126 e. The van der Waals surface area contributed by atoms with Crippen LogP contribution in [0.15, 0.2) is 66.7 Å². The number of rotatable bonds is 4. The van der Waals surface area contributed by atoms with Gasteiger partial charge in [-0.2, -0.15) is 0 Å². The molecule has 1 unspecified atom stereocenters. The standard InChI is InChI=1S/C25H26O/c1-17(2)15-25(3)16-22(20-10-7-8-12-23(20)25)19-13-14-24(26-4)21-11-6-5-9-18(19)21/h5-14,16-17H,15H2,1-4H3. The van der Waals surface area contributed by atoms with Gasteiger partial charge in [0.05, 0.1) is 7.11 Å². The van der Waals surface area contributed by atoms with E-state index in [0.717, 1.165) is 12.2 Å². The van der Waals surface area contributed by atoms with Crippen molar-refractivity contribution >= 4 is 16.3 Å². The van der Waals surface area contributed by atoms with Crippen LogP contribution in [0.3, 0.4) is 0 Å². The van der Waals surface area contributed by atoms with E-state index in [4.69, 9.17) is 4.74 Å². The van der Waals surface area contributed by atoms with E-state index in [1.807, 2.05) is 0 Å². The molecule has 4 rings (SSSR count). The number of hydrogen-bond donors (Lipinski definition) is 0. The third-order valence-electron chi connectivity index (χ3n) is 5.52. The van der Waals surface area contributed by atoms with Crippen molar-refractivity contribution < 1.29 is 4.74 Å². The first kappa shape index (κ1) is 16.9. The van der Waals surface area contributed by atoms with Crippen LogP contribution < -0.4 is 4.74 Å². The second kappa shape index (κ2) is 6.32. The number of benzene rings is 3. The summed E-state index contributed by atoms with van der Waals surface area (Å²) in [4.78, 5) is 0. The molecule has 3 aromatic carbocycles. The lowest BCUT2D eigenvalue weighted by molar-refractivity contribution is 0.420. The quantitative estimate of drug-likeness (QED) is 0.519. The zero-order valence-electron chi connectivity index (χ0n) is 16.0. The molecule has 1 nitrogen and oxygen atoms in total. The molecule has 0 aliphatic heterocycles. The minimum absolute atomic E-state index is 0.0844. The number of allylic oxidation sites excluding steroid dienone is 1. The van der Waals surface area contributed by atoms with Gasteiger partial charge in [0.15, 0.2) is 0 Å². The molecule has 0 heterocycles. The Bertz CT molecular complexity index is 996. The van der Waals surface area contributed by atoms with E-state index in [2.05, 4.69) is 87.5 Å². The fraction of sp³-hybridized carbons (Fsp3) is 0.280. The third-order valence-corrected chi connectivity index (χ3v) is 5.52. The second-order valence-electron chi connectivity index (χ2n) is 7.98. The molecule has 1 aliphatic carbocycles. The average Bonchev–Trinajstić information content (AvgIpc) is 2.93. The van der Waals surface area contributed by atoms with E-state index in [-0.39, 0.29) is 5.41 Å². The maximum Gasteiger partial charge on any atom is 0.126 e. The van der Waals surface area contributed by atoms with E-state index in [1.54, 1.807) is 7.11 Å². The van der Waals surface area contributed by atoms with E-state index in [0.29, 0.717) is 5.92 Å². The van der Waals surface area contributed by atoms with Crippen molar-refractivity contribution in [1.82, 2.24) is 0 Å². The van der Waals surface area contributed by atoms with Crippen molar-refractivity contribution in [2.24, 2.45) is 5.92 Å². The Morgan fingerprint density at radius 2 is 1.54 bits per heavy atom. The number of ether oxygens (including phenoxy) is 1. The Morgan fingerprint density at radius 3 is 2.27 bits per heavy atom. The predicted octanol–water partition coefficient (Wildman–Crippen LogP) is 6.60. The fourth-order valence-electron chi connectivity index (χ4n) is 4.61. The van der Waals surface area contributed by atoms with Crippen LogP contribution in [0, 0.1) is 5.92 Å². The molecule has 132 valence electrons. The van der Waals surface area contributed by atoms with Gasteiger partial charge >= 0.3 is 0 Å². The minimum Gasteiger partial charge on any atom is -0.496 e. The summed E-state index contributed by atoms with van der Waals surface area (Å²) in [6.45, 7) is 7.00. The van der Waals surface area contributed by atoms with Gasteiger partial charge in [0.25, 0.3) is 0 Å². The monoisotopic (exact) mass is 342 g/mol. The van der Waals surface area contributed by atoms with Gasteiger partial charge in [-0.15, -0.1) is 0 Å². The molecule has 1 aliphatic rings. The molecule has 1 heteroatoms. The van der Waals surface area contributed by atoms with Gasteiger partial charge in [-0.3, -0.25) is 0 Å². The second-order valence-corrected chi connectivity index (χ2v) is 7.98. The van der Waals surface area contributed by atoms with Crippen LogP contribution >= 0.6 is 0 Å². The van der Waals surface area contributed by atoms with Gasteiger partial charge in [0.1, 0.15) is 5.75 Å². The summed E-state index contributed by atoms with van der Waals surface area (Å²) in [6.07, 6.45) is 3.65. The number of hydrogen-bond acceptors (Lipinski definition) is 1. The molecule has 0 radical (unpaired) electrons. The van der Waals surface area contributed by atoms with Gasteiger partial charge in [0.2, 0.25) is 0 Å². The lowest BCUT2D eigenvalue weighted by Crippen LogP contribution is -2.19. The van der Waals surface area contributed by atoms with Crippen molar-refractivity contribution in [3.63, 3.8) is 0 Å². The molecule has 0 amide bonds. The molecule has 0 saturated heterocycles. The summed E-state index contributed by atoms with van der Waals surface area (Å²) in [7, 11) is 1.74. The minimum atomic E-state index is 0.0844. The third kappa shape index (κ3) is 2.63. The van der Waals surface area contributed by atoms with E-state index >= 15 is 0 Å². The van der Waals surface area contributed by atoms with Gasteiger partial charge in [-0.25, -0.2) is 0 Å². The molecule has 26 heavy (non-hydrogen) atoms. The van der Waals surface area contributed by atoms with Crippen molar-refractivity contribution in [2.45, 2.75) is 32.6 Å². The zero-order valence-corrected chi connectivity index (χ0v) is 16.0. The maximum absolute atomic E-state index is 5.59. The highest BCUT2D eigenvalue weighted by Gasteiger charge is 2.35. The summed E-state index contributed by atoms with van der Waals surface area (Å²) in [5, 5.41) is 2.42. The number of fused-ring (bicyclic) bond motifs is 2. The Morgan fingerprint density at radius 1 is 0.846 bits per heavy atom. The van der Waals surface area contributed by atoms with E-state index in [1.165, 1.54) is 33.0 Å². The molecule has 1 atom stereocenters. The first-order chi connectivity index (χ1) is 12.5. The number of methoxy groups -OCH3 is 1. The predicted molar refractivity (Wildman–Crippen MR) is 111 cm³/mol. The summed E-state index contributed by atoms with van der Waals surface area (Å²) < 4.78 is 5.59. The lowest BCUT2D eigenvalue weighted by atomic mass is 9.78. The fourth-order valence-corrected chi connectivity index (χ4v) is 4.61. The first-order valence-electron chi connectivity index (χ1n) is 9.42. The SMILES string of the molecule is COc1ccc(C2=CC(C)(CC(C)C)c3ccccc32)c2ccccc12. The highest BCUT2D eigenvalue weighted by atomic mass is 16.5. The molecule has 0 fully saturated rings. The first-order valence-corrected chi connectivity index (χ1v) is 9.42. The highest BCUT2D eigenvalue weighted by molar-refractivity contribution is 6.02. The Hall–Kier alpha value is -2.54. The lowest BCUT2D eigenvalue weighted by Gasteiger charge is -2.26. The summed E-state index contributed by atoms with van der Waals surface area (Å²) in [5.41, 5.74) is 5.54. The van der Waals surface area contributed by atoms with Crippen LogP contribution in [0.4, 0.5) is 0 Å². The maximum atomic E-state index is 5.59. The van der Waals surface area contributed by atoms with Crippen molar-refractivity contribution in [3.05, 3.63) is 83.4 Å². The van der Waals surface area contributed by atoms with Crippen LogP contribution in [-0.2, 0) is 5.41 Å². The Labute approximate surface area is 156 Å². The summed E-state index contributed by atoms with van der Waals surface area (Å²) >= 11 is 0. The average molecular weight is 342 g/mol. The van der Waals surface area contributed by atoms with Crippen LogP contribution in [0.2, 0.25) is 0 Å². The zero-order chi connectivity index (χ0) is 18.3. The normalized spacial score (nSPS) is 18.9. The van der Waals surface area contributed by atoms with Crippen molar-refractivity contribution in [1.29, 1.82) is 0 Å². The largest absolute Gasteiger partial charge is 0.496 e. The summed E-state index contributed by atoms with van der Waals surface area (Å²) in [6, 6.07) is 21.7. The Balaban J connectivity index is 1.97. The molecule has 3 aromatic rings. The molecule has 0 spiro atoms. The molecule has 0 bridgehead atoms. The molecular formula is C25H26O. The topological polar surface area (TPSA) is 9.23 Å². The molecule has 0 N–H and O–H groups in total. The van der Waals surface area contributed by atoms with Gasteiger partial charge in [0, 0.05) is 10.8 Å². The van der Waals surface area contributed by atoms with Gasteiger partial charge in [-0.05, 0) is 46.1 Å². The van der Waals surface area contributed by atoms with Crippen molar-refractivity contribution in [2.75, 3.05) is 7.11 Å². The van der Waals surface area contributed by atoms with Gasteiger partial charge < -0.3 is 4.74 Å². The van der Waals surface area contributed by atoms with Crippen molar-refractivity contribution in [3.8, 4) is 5.75 Å². The molecular weight excluding hydrogens is 316 g/mol. The summed E-state index contributed by atoms with van der Waals surface area (Å²) in [5.74, 6) is 1.58. The van der Waals surface area contributed by atoms with Crippen LogP contribution in [0.5, 0.6) is 5.75 Å².